The third-order valence-corrected chi connectivity index (χ3v) is 6.65. The van der Waals surface area contributed by atoms with E-state index in [9.17, 15) is 4.79 Å². The van der Waals surface area contributed by atoms with Crippen LogP contribution in [0, 0.1) is 11.8 Å². The Balaban J connectivity index is 0.00000240. The number of carbonyl (C=O) groups excluding carboxylic acids is 1. The molecule has 1 atom stereocenters. The minimum Gasteiger partial charge on any atom is -0.423 e. The van der Waals surface area contributed by atoms with Gasteiger partial charge in [-0.1, -0.05) is 33.6 Å². The molecular formula is C22H37ClN4O2. The van der Waals surface area contributed by atoms with Gasteiger partial charge in [0, 0.05) is 23.9 Å². The van der Waals surface area contributed by atoms with E-state index in [-0.39, 0.29) is 17.8 Å². The van der Waals surface area contributed by atoms with E-state index < -0.39 is 0 Å². The molecule has 0 spiro atoms. The van der Waals surface area contributed by atoms with Gasteiger partial charge in [0.05, 0.1) is 6.54 Å². The molecule has 6 nitrogen and oxygen atoms in total. The first-order valence-electron chi connectivity index (χ1n) is 11.3. The third kappa shape index (κ3) is 5.52. The maximum Gasteiger partial charge on any atom is 0.230 e. The van der Waals surface area contributed by atoms with E-state index >= 15 is 0 Å². The molecule has 1 saturated carbocycles. The summed E-state index contributed by atoms with van der Waals surface area (Å²) in [6.07, 6.45) is 9.48. The molecular weight excluding hydrogens is 388 g/mol. The average molecular weight is 425 g/mol. The normalized spacial score (nSPS) is 24.8. The van der Waals surface area contributed by atoms with Crippen LogP contribution < -0.4 is 0 Å². The smallest absolute Gasteiger partial charge is 0.230 e. The Morgan fingerprint density at radius 2 is 1.72 bits per heavy atom. The maximum absolute atomic E-state index is 12.8. The van der Waals surface area contributed by atoms with Crippen molar-refractivity contribution in [2.24, 2.45) is 11.8 Å². The highest BCUT2D eigenvalue weighted by molar-refractivity contribution is 5.85. The van der Waals surface area contributed by atoms with Gasteiger partial charge in [0.1, 0.15) is 0 Å². The minimum atomic E-state index is -0.102. The second-order valence-electron chi connectivity index (χ2n) is 10.1. The Hall–Kier alpha value is -1.14. The van der Waals surface area contributed by atoms with Crippen LogP contribution in [0.3, 0.4) is 0 Å². The van der Waals surface area contributed by atoms with Gasteiger partial charge >= 0.3 is 0 Å². The number of hydrogen-bond donors (Lipinski definition) is 0. The van der Waals surface area contributed by atoms with Gasteiger partial charge in [0.2, 0.25) is 17.7 Å². The van der Waals surface area contributed by atoms with Crippen molar-refractivity contribution in [2.75, 3.05) is 19.6 Å². The standard InChI is InChI=1S/C22H36N4O2.ClH/c1-22(2,3)21-24-23-19(28-21)15-25-13-10-16(11-14-25)18-7-5-4-6-12-26(18)20(27)17-8-9-17;/h16-18H,4-15H2,1-3H3;1H. The molecule has 1 aromatic heterocycles. The highest BCUT2D eigenvalue weighted by Crippen LogP contribution is 2.36. The molecule has 3 heterocycles. The molecule has 7 heteroatoms. The molecule has 29 heavy (non-hydrogen) atoms. The molecule has 164 valence electrons. The molecule has 4 rings (SSSR count). The number of carbonyl (C=O) groups is 1. The fourth-order valence-electron chi connectivity index (χ4n) is 4.77. The number of rotatable bonds is 4. The van der Waals surface area contributed by atoms with Gasteiger partial charge in [-0.3, -0.25) is 9.69 Å². The van der Waals surface area contributed by atoms with Crippen LogP contribution >= 0.6 is 12.4 Å². The topological polar surface area (TPSA) is 62.5 Å². The van der Waals surface area contributed by atoms with Crippen molar-refractivity contribution in [2.45, 2.75) is 90.1 Å². The van der Waals surface area contributed by atoms with E-state index in [1.54, 1.807) is 0 Å². The lowest BCUT2D eigenvalue weighted by atomic mass is 9.86. The summed E-state index contributed by atoms with van der Waals surface area (Å²) < 4.78 is 5.88. The van der Waals surface area contributed by atoms with E-state index in [4.69, 9.17) is 4.42 Å². The fraction of sp³-hybridized carbons (Fsp3) is 0.864. The first kappa shape index (κ1) is 22.5. The molecule has 1 unspecified atom stereocenters. The van der Waals surface area contributed by atoms with E-state index in [0.29, 0.717) is 29.7 Å². The fourth-order valence-corrected chi connectivity index (χ4v) is 4.77. The van der Waals surface area contributed by atoms with Crippen LogP contribution in [0.25, 0.3) is 0 Å². The van der Waals surface area contributed by atoms with E-state index in [2.05, 4.69) is 40.8 Å². The van der Waals surface area contributed by atoms with Gasteiger partial charge < -0.3 is 9.32 Å². The second kappa shape index (κ2) is 9.34. The summed E-state index contributed by atoms with van der Waals surface area (Å²) in [7, 11) is 0. The molecule has 3 aliphatic rings. The van der Waals surface area contributed by atoms with Gasteiger partial charge in [-0.15, -0.1) is 22.6 Å². The van der Waals surface area contributed by atoms with Gasteiger partial charge in [0.15, 0.2) is 0 Å². The summed E-state index contributed by atoms with van der Waals surface area (Å²) in [6.45, 7) is 10.1. The summed E-state index contributed by atoms with van der Waals surface area (Å²) in [5.41, 5.74) is -0.102. The first-order valence-corrected chi connectivity index (χ1v) is 11.3. The lowest BCUT2D eigenvalue weighted by Crippen LogP contribution is -2.48. The average Bonchev–Trinajstić information content (AvgIpc) is 3.44. The van der Waals surface area contributed by atoms with Crippen LogP contribution in [-0.4, -0.2) is 51.6 Å². The number of likely N-dealkylation sites (tertiary alicyclic amines) is 2. The zero-order valence-electron chi connectivity index (χ0n) is 18.2. The van der Waals surface area contributed by atoms with Crippen molar-refractivity contribution in [3.63, 3.8) is 0 Å². The van der Waals surface area contributed by atoms with Crippen LogP contribution in [-0.2, 0) is 16.8 Å². The largest absolute Gasteiger partial charge is 0.423 e. The Morgan fingerprint density at radius 1 is 1.00 bits per heavy atom. The van der Waals surface area contributed by atoms with Crippen molar-refractivity contribution in [3.8, 4) is 0 Å². The molecule has 1 aliphatic carbocycles. The Bertz CT molecular complexity index is 675. The van der Waals surface area contributed by atoms with Gasteiger partial charge in [-0.05, 0) is 57.5 Å². The zero-order chi connectivity index (χ0) is 19.7. The van der Waals surface area contributed by atoms with Gasteiger partial charge in [0.25, 0.3) is 0 Å². The SMILES string of the molecule is CC(C)(C)c1nnc(CN2CCC(C3CCCCCN3C(=O)C3CC3)CC2)o1.Cl. The van der Waals surface area contributed by atoms with Crippen molar-refractivity contribution in [3.05, 3.63) is 11.8 Å². The molecule has 0 N–H and O–H groups in total. The number of aromatic nitrogens is 2. The Labute approximate surface area is 181 Å². The number of piperidine rings is 1. The highest BCUT2D eigenvalue weighted by atomic mass is 35.5. The maximum atomic E-state index is 12.8. The van der Waals surface area contributed by atoms with E-state index in [1.165, 1.54) is 38.5 Å². The van der Waals surface area contributed by atoms with E-state index in [0.717, 1.165) is 44.9 Å². The van der Waals surface area contributed by atoms with Crippen LogP contribution in [0.5, 0.6) is 0 Å². The predicted octanol–water partition coefficient (Wildman–Crippen LogP) is 4.18. The predicted molar refractivity (Wildman–Crippen MR) is 115 cm³/mol. The third-order valence-electron chi connectivity index (χ3n) is 6.65. The molecule has 0 bridgehead atoms. The van der Waals surface area contributed by atoms with Crippen LogP contribution in [0.1, 0.15) is 83.9 Å². The van der Waals surface area contributed by atoms with E-state index in [1.807, 2.05) is 0 Å². The molecule has 2 aliphatic heterocycles. The van der Waals surface area contributed by atoms with Crippen molar-refractivity contribution in [1.29, 1.82) is 0 Å². The lowest BCUT2D eigenvalue weighted by Gasteiger charge is -2.40. The summed E-state index contributed by atoms with van der Waals surface area (Å²) in [5.74, 6) is 2.88. The Kier molecular flexibility index (Phi) is 7.26. The van der Waals surface area contributed by atoms with Crippen LogP contribution in [0.4, 0.5) is 0 Å². The summed E-state index contributed by atoms with van der Waals surface area (Å²) in [6, 6.07) is 0.466. The molecule has 1 amide bonds. The monoisotopic (exact) mass is 424 g/mol. The number of nitrogens with zero attached hydrogens (tertiary/aromatic N) is 4. The summed E-state index contributed by atoms with van der Waals surface area (Å²) >= 11 is 0. The number of amides is 1. The molecule has 0 radical (unpaired) electrons. The van der Waals surface area contributed by atoms with Crippen molar-refractivity contribution in [1.82, 2.24) is 20.0 Å². The number of halogens is 1. The highest BCUT2D eigenvalue weighted by Gasteiger charge is 2.39. The second-order valence-corrected chi connectivity index (χ2v) is 10.1. The quantitative estimate of drug-likeness (QED) is 0.725. The summed E-state index contributed by atoms with van der Waals surface area (Å²) in [5, 5.41) is 8.46. The lowest BCUT2D eigenvalue weighted by molar-refractivity contribution is -0.136. The Morgan fingerprint density at radius 3 is 2.34 bits per heavy atom. The zero-order valence-corrected chi connectivity index (χ0v) is 19.0. The van der Waals surface area contributed by atoms with Gasteiger partial charge in [-0.25, -0.2) is 0 Å². The van der Waals surface area contributed by atoms with Crippen molar-refractivity contribution >= 4 is 18.3 Å². The molecule has 1 aromatic rings. The molecule has 2 saturated heterocycles. The minimum absolute atomic E-state index is 0. The summed E-state index contributed by atoms with van der Waals surface area (Å²) in [4.78, 5) is 17.6. The molecule has 3 fully saturated rings. The van der Waals surface area contributed by atoms with Gasteiger partial charge in [-0.2, -0.15) is 0 Å². The molecule has 0 aromatic carbocycles. The number of hydrogen-bond acceptors (Lipinski definition) is 5. The van der Waals surface area contributed by atoms with Crippen molar-refractivity contribution < 1.29 is 9.21 Å². The van der Waals surface area contributed by atoms with Crippen LogP contribution in [0.15, 0.2) is 4.42 Å². The van der Waals surface area contributed by atoms with Crippen LogP contribution in [0.2, 0.25) is 0 Å². The first-order chi connectivity index (χ1) is 13.4.